The second-order valence-corrected chi connectivity index (χ2v) is 6.62. The minimum absolute atomic E-state index is 0.274. The zero-order valence-corrected chi connectivity index (χ0v) is 13.8. The van der Waals surface area contributed by atoms with Gasteiger partial charge >= 0.3 is 0 Å². The quantitative estimate of drug-likeness (QED) is 0.878. The van der Waals surface area contributed by atoms with Gasteiger partial charge in [-0.15, -0.1) is 0 Å². The molecule has 1 aromatic rings. The zero-order valence-electron chi connectivity index (χ0n) is 13.8. The maximum Gasteiger partial charge on any atom is 0.0507 e. The van der Waals surface area contributed by atoms with Crippen molar-refractivity contribution in [3.05, 3.63) is 34.9 Å². The third-order valence-electron chi connectivity index (χ3n) is 4.88. The fourth-order valence-corrected chi connectivity index (χ4v) is 3.98. The maximum atomic E-state index is 3.78. The molecule has 20 heavy (non-hydrogen) atoms. The molecule has 0 heterocycles. The van der Waals surface area contributed by atoms with Gasteiger partial charge in [0.1, 0.15) is 0 Å². The topological polar surface area (TPSA) is 15.3 Å². The van der Waals surface area contributed by atoms with E-state index >= 15 is 0 Å². The van der Waals surface area contributed by atoms with E-state index in [1.807, 2.05) is 0 Å². The highest BCUT2D eigenvalue weighted by Gasteiger charge is 2.43. The van der Waals surface area contributed by atoms with Crippen LogP contribution in [0.2, 0.25) is 0 Å². The minimum Gasteiger partial charge on any atom is -0.309 e. The van der Waals surface area contributed by atoms with E-state index in [-0.39, 0.29) is 5.54 Å². The molecule has 0 aromatic heterocycles. The van der Waals surface area contributed by atoms with Crippen LogP contribution in [-0.2, 0) is 0 Å². The van der Waals surface area contributed by atoms with Crippen LogP contribution in [-0.4, -0.2) is 31.1 Å². The van der Waals surface area contributed by atoms with Crippen molar-refractivity contribution in [2.45, 2.75) is 58.0 Å². The van der Waals surface area contributed by atoms with Crippen molar-refractivity contribution in [3.8, 4) is 0 Å². The van der Waals surface area contributed by atoms with Crippen LogP contribution in [0.15, 0.2) is 18.2 Å². The highest BCUT2D eigenvalue weighted by molar-refractivity contribution is 5.33. The van der Waals surface area contributed by atoms with Gasteiger partial charge in [0, 0.05) is 5.54 Å². The molecule has 0 radical (unpaired) electrons. The van der Waals surface area contributed by atoms with Gasteiger partial charge in [-0.1, -0.05) is 49.1 Å². The summed E-state index contributed by atoms with van der Waals surface area (Å²) >= 11 is 0. The van der Waals surface area contributed by atoms with Crippen molar-refractivity contribution in [2.24, 2.45) is 0 Å². The van der Waals surface area contributed by atoms with Crippen molar-refractivity contribution in [2.75, 3.05) is 20.6 Å². The number of benzene rings is 1. The van der Waals surface area contributed by atoms with Crippen LogP contribution in [0.5, 0.6) is 0 Å². The molecule has 2 heteroatoms. The molecule has 112 valence electrons. The second kappa shape index (κ2) is 6.28. The van der Waals surface area contributed by atoms with Crippen LogP contribution in [0.25, 0.3) is 0 Å². The molecular weight excluding hydrogens is 244 g/mol. The summed E-state index contributed by atoms with van der Waals surface area (Å²) in [6, 6.07) is 7.43. The van der Waals surface area contributed by atoms with E-state index < -0.39 is 0 Å². The molecular formula is C18H30N2. The van der Waals surface area contributed by atoms with Gasteiger partial charge in [0.15, 0.2) is 0 Å². The molecule has 0 saturated heterocycles. The number of rotatable bonds is 5. The van der Waals surface area contributed by atoms with Gasteiger partial charge in [0.25, 0.3) is 0 Å². The smallest absolute Gasteiger partial charge is 0.0507 e. The summed E-state index contributed by atoms with van der Waals surface area (Å²) in [6.07, 6.45) is 5.30. The van der Waals surface area contributed by atoms with Gasteiger partial charge in [-0.05, 0) is 52.9 Å². The standard InChI is InChI=1S/C18H30N2/c1-6-19-17(16-12-14(2)11-15(3)13-16)18(20(4)5)9-7-8-10-18/h11-13,17,19H,6-10H2,1-5H3. The Hall–Kier alpha value is -0.860. The summed E-state index contributed by atoms with van der Waals surface area (Å²) in [6.45, 7) is 7.65. The fourth-order valence-electron chi connectivity index (χ4n) is 3.98. The summed E-state index contributed by atoms with van der Waals surface area (Å²) in [4.78, 5) is 2.46. The van der Waals surface area contributed by atoms with E-state index in [2.05, 4.69) is 63.3 Å². The van der Waals surface area contributed by atoms with Crippen molar-refractivity contribution >= 4 is 0 Å². The first-order chi connectivity index (χ1) is 9.49. The van der Waals surface area contributed by atoms with E-state index in [4.69, 9.17) is 0 Å². The SMILES string of the molecule is CCNC(c1cc(C)cc(C)c1)C1(N(C)C)CCCC1. The Morgan fingerprint density at radius 2 is 1.65 bits per heavy atom. The van der Waals surface area contributed by atoms with E-state index in [1.54, 1.807) is 0 Å². The largest absolute Gasteiger partial charge is 0.309 e. The monoisotopic (exact) mass is 274 g/mol. The Labute approximate surface area is 124 Å². The van der Waals surface area contributed by atoms with Gasteiger partial charge < -0.3 is 10.2 Å². The Kier molecular flexibility index (Phi) is 4.87. The number of nitrogens with one attached hydrogen (secondary N) is 1. The molecule has 0 bridgehead atoms. The summed E-state index contributed by atoms with van der Waals surface area (Å²) in [5.41, 5.74) is 4.47. The molecule has 0 aliphatic heterocycles. The molecule has 0 spiro atoms. The molecule has 0 amide bonds. The van der Waals surface area contributed by atoms with Gasteiger partial charge in [0.2, 0.25) is 0 Å². The average molecular weight is 274 g/mol. The average Bonchev–Trinajstić information content (AvgIpc) is 2.85. The van der Waals surface area contributed by atoms with Crippen LogP contribution in [0.4, 0.5) is 0 Å². The number of hydrogen-bond donors (Lipinski definition) is 1. The normalized spacial score (nSPS) is 19.5. The lowest BCUT2D eigenvalue weighted by atomic mass is 9.81. The first-order valence-corrected chi connectivity index (χ1v) is 7.98. The summed E-state index contributed by atoms with van der Waals surface area (Å²) < 4.78 is 0. The molecule has 1 saturated carbocycles. The van der Waals surface area contributed by atoms with E-state index in [9.17, 15) is 0 Å². The lowest BCUT2D eigenvalue weighted by Gasteiger charge is -2.44. The molecule has 2 rings (SSSR count). The molecule has 1 N–H and O–H groups in total. The van der Waals surface area contributed by atoms with E-state index in [1.165, 1.54) is 42.4 Å². The lowest BCUT2D eigenvalue weighted by Crippen LogP contribution is -2.52. The van der Waals surface area contributed by atoms with Crippen LogP contribution in [0, 0.1) is 13.8 Å². The van der Waals surface area contributed by atoms with E-state index in [0.717, 1.165) is 6.54 Å². The van der Waals surface area contributed by atoms with Gasteiger partial charge in [-0.3, -0.25) is 0 Å². The Morgan fingerprint density at radius 1 is 1.10 bits per heavy atom. The predicted molar refractivity (Wildman–Crippen MR) is 87.2 cm³/mol. The Balaban J connectivity index is 2.43. The molecule has 2 nitrogen and oxygen atoms in total. The second-order valence-electron chi connectivity index (χ2n) is 6.62. The van der Waals surface area contributed by atoms with Crippen molar-refractivity contribution < 1.29 is 0 Å². The number of nitrogens with zero attached hydrogens (tertiary/aromatic N) is 1. The van der Waals surface area contributed by atoms with Crippen LogP contribution in [0.1, 0.15) is 55.3 Å². The van der Waals surface area contributed by atoms with Crippen molar-refractivity contribution in [1.82, 2.24) is 10.2 Å². The van der Waals surface area contributed by atoms with Crippen LogP contribution in [0.3, 0.4) is 0 Å². The molecule has 1 aromatic carbocycles. The Bertz CT molecular complexity index is 424. The molecule has 1 atom stereocenters. The molecule has 1 aliphatic carbocycles. The summed E-state index contributed by atoms with van der Waals surface area (Å²) in [7, 11) is 4.50. The van der Waals surface area contributed by atoms with Gasteiger partial charge in [-0.2, -0.15) is 0 Å². The first-order valence-electron chi connectivity index (χ1n) is 7.98. The molecule has 1 aliphatic rings. The van der Waals surface area contributed by atoms with E-state index in [0.29, 0.717) is 6.04 Å². The van der Waals surface area contributed by atoms with Gasteiger partial charge in [-0.25, -0.2) is 0 Å². The number of hydrogen-bond acceptors (Lipinski definition) is 2. The minimum atomic E-state index is 0.274. The lowest BCUT2D eigenvalue weighted by molar-refractivity contribution is 0.105. The van der Waals surface area contributed by atoms with Gasteiger partial charge in [0.05, 0.1) is 6.04 Å². The predicted octanol–water partition coefficient (Wildman–Crippen LogP) is 3.83. The van der Waals surface area contributed by atoms with Crippen LogP contribution < -0.4 is 5.32 Å². The highest BCUT2D eigenvalue weighted by Crippen LogP contribution is 2.43. The Morgan fingerprint density at radius 3 is 2.10 bits per heavy atom. The summed E-state index contributed by atoms with van der Waals surface area (Å²) in [5, 5.41) is 3.78. The fraction of sp³-hybridized carbons (Fsp3) is 0.667. The van der Waals surface area contributed by atoms with Crippen LogP contribution >= 0.6 is 0 Å². The third kappa shape index (κ3) is 2.91. The highest BCUT2D eigenvalue weighted by atomic mass is 15.2. The number of aryl methyl sites for hydroxylation is 2. The van der Waals surface area contributed by atoms with Crippen molar-refractivity contribution in [1.29, 1.82) is 0 Å². The third-order valence-corrected chi connectivity index (χ3v) is 4.88. The molecule has 1 fully saturated rings. The number of likely N-dealkylation sites (N-methyl/N-ethyl adjacent to an activating group) is 2. The first kappa shape index (κ1) is 15.5. The zero-order chi connectivity index (χ0) is 14.8. The van der Waals surface area contributed by atoms with Crippen molar-refractivity contribution in [3.63, 3.8) is 0 Å². The summed E-state index contributed by atoms with van der Waals surface area (Å²) in [5.74, 6) is 0. The molecule has 1 unspecified atom stereocenters. The maximum absolute atomic E-state index is 3.78.